The number of aryl methyl sites for hydroxylation is 1. The highest BCUT2D eigenvalue weighted by molar-refractivity contribution is 8.13. The maximum absolute atomic E-state index is 12.5. The molecule has 0 spiro atoms. The van der Waals surface area contributed by atoms with Crippen LogP contribution in [-0.4, -0.2) is 31.8 Å². The van der Waals surface area contributed by atoms with Crippen LogP contribution < -0.4 is 0 Å². The van der Waals surface area contributed by atoms with Crippen LogP contribution in [0.3, 0.4) is 0 Å². The normalized spacial score (nSPS) is 19.4. The lowest BCUT2D eigenvalue weighted by atomic mass is 10.1. The van der Waals surface area contributed by atoms with Crippen molar-refractivity contribution >= 4 is 25.6 Å². The van der Waals surface area contributed by atoms with Crippen molar-refractivity contribution < 1.29 is 13.2 Å². The van der Waals surface area contributed by atoms with Crippen LogP contribution >= 0.6 is 10.7 Å². The Labute approximate surface area is 124 Å². The summed E-state index contributed by atoms with van der Waals surface area (Å²) in [6, 6.07) is 3.31. The van der Waals surface area contributed by atoms with Crippen LogP contribution in [0.4, 0.5) is 0 Å². The van der Waals surface area contributed by atoms with Gasteiger partial charge >= 0.3 is 0 Å². The third-order valence-electron chi connectivity index (χ3n) is 3.94. The molecule has 110 valence electrons. The third-order valence-corrected chi connectivity index (χ3v) is 5.39. The third kappa shape index (κ3) is 2.83. The molecule has 2 rings (SSSR count). The van der Waals surface area contributed by atoms with Gasteiger partial charge in [0.1, 0.15) is 0 Å². The van der Waals surface area contributed by atoms with Crippen LogP contribution in [-0.2, 0) is 9.05 Å². The van der Waals surface area contributed by atoms with Crippen molar-refractivity contribution in [2.75, 3.05) is 6.54 Å². The monoisotopic (exact) mass is 315 g/mol. The Bertz CT molecular complexity index is 655. The Morgan fingerprint density at radius 1 is 1.35 bits per heavy atom. The predicted molar refractivity (Wildman–Crippen MR) is 78.7 cm³/mol. The van der Waals surface area contributed by atoms with E-state index in [1.807, 2.05) is 6.92 Å². The molecule has 1 fully saturated rings. The molecule has 0 aliphatic carbocycles. The molecule has 1 aromatic rings. The van der Waals surface area contributed by atoms with Gasteiger partial charge in [-0.1, -0.05) is 0 Å². The first-order valence-electron chi connectivity index (χ1n) is 6.58. The molecule has 1 aliphatic heterocycles. The molecule has 20 heavy (non-hydrogen) atoms. The van der Waals surface area contributed by atoms with Crippen molar-refractivity contribution in [1.29, 1.82) is 0 Å². The first-order valence-corrected chi connectivity index (χ1v) is 8.89. The summed E-state index contributed by atoms with van der Waals surface area (Å²) in [5.41, 5.74) is 1.73. The van der Waals surface area contributed by atoms with Crippen molar-refractivity contribution in [1.82, 2.24) is 4.90 Å². The number of carbonyl (C=O) groups is 1. The average molecular weight is 316 g/mol. The molecule has 1 heterocycles. The van der Waals surface area contributed by atoms with E-state index in [4.69, 9.17) is 10.7 Å². The van der Waals surface area contributed by atoms with E-state index in [0.717, 1.165) is 24.9 Å². The molecule has 0 saturated carbocycles. The fraction of sp³-hybridized carbons (Fsp3) is 0.500. The summed E-state index contributed by atoms with van der Waals surface area (Å²) in [6.07, 6.45) is 1.97. The van der Waals surface area contributed by atoms with Gasteiger partial charge in [-0.2, -0.15) is 0 Å². The van der Waals surface area contributed by atoms with Crippen LogP contribution in [0, 0.1) is 13.8 Å². The maximum atomic E-state index is 12.5. The Hall–Kier alpha value is -1.07. The van der Waals surface area contributed by atoms with Gasteiger partial charge < -0.3 is 4.90 Å². The highest BCUT2D eigenvalue weighted by Crippen LogP contribution is 2.26. The van der Waals surface area contributed by atoms with Crippen molar-refractivity contribution in [2.24, 2.45) is 0 Å². The summed E-state index contributed by atoms with van der Waals surface area (Å²) >= 11 is 0. The molecule has 1 atom stereocenters. The number of likely N-dealkylation sites (tertiary alicyclic amines) is 1. The van der Waals surface area contributed by atoms with Crippen LogP contribution in [0.15, 0.2) is 17.0 Å². The average Bonchev–Trinajstić information content (AvgIpc) is 2.76. The van der Waals surface area contributed by atoms with Crippen molar-refractivity contribution in [3.63, 3.8) is 0 Å². The summed E-state index contributed by atoms with van der Waals surface area (Å²) in [4.78, 5) is 14.3. The van der Waals surface area contributed by atoms with Crippen LogP contribution in [0.1, 0.15) is 41.3 Å². The minimum Gasteiger partial charge on any atom is -0.336 e. The van der Waals surface area contributed by atoms with E-state index in [2.05, 4.69) is 0 Å². The van der Waals surface area contributed by atoms with Gasteiger partial charge in [0.25, 0.3) is 15.0 Å². The van der Waals surface area contributed by atoms with Gasteiger partial charge in [0, 0.05) is 28.8 Å². The number of hydrogen-bond acceptors (Lipinski definition) is 3. The van der Waals surface area contributed by atoms with Crippen molar-refractivity contribution in [3.05, 3.63) is 28.8 Å². The Kier molecular flexibility index (Phi) is 4.12. The molecule has 1 unspecified atom stereocenters. The molecule has 0 N–H and O–H groups in total. The fourth-order valence-corrected chi connectivity index (χ4v) is 3.88. The zero-order chi connectivity index (χ0) is 15.1. The lowest BCUT2D eigenvalue weighted by Gasteiger charge is -2.22. The molecular formula is C14H18ClNO3S. The molecule has 1 saturated heterocycles. The van der Waals surface area contributed by atoms with Crippen molar-refractivity contribution in [2.45, 2.75) is 44.6 Å². The van der Waals surface area contributed by atoms with E-state index in [0.29, 0.717) is 11.1 Å². The topological polar surface area (TPSA) is 54.5 Å². The number of rotatable bonds is 2. The Balaban J connectivity index is 2.48. The molecule has 0 aromatic heterocycles. The SMILES string of the molecule is Cc1cc(C(=O)N2CCCC2C)cc(S(=O)(=O)Cl)c1C. The highest BCUT2D eigenvalue weighted by atomic mass is 35.7. The van der Waals surface area contributed by atoms with Crippen LogP contribution in [0.2, 0.25) is 0 Å². The highest BCUT2D eigenvalue weighted by Gasteiger charge is 2.27. The first kappa shape index (κ1) is 15.3. The standard InChI is InChI=1S/C14H18ClNO3S/c1-9-7-12(8-13(11(9)3)20(15,18)19)14(17)16-6-4-5-10(16)2/h7-8,10H,4-6H2,1-3H3. The molecule has 6 heteroatoms. The smallest absolute Gasteiger partial charge is 0.261 e. The largest absolute Gasteiger partial charge is 0.336 e. The second-order valence-corrected chi connectivity index (χ2v) is 7.88. The van der Waals surface area contributed by atoms with E-state index in [-0.39, 0.29) is 16.8 Å². The quantitative estimate of drug-likeness (QED) is 0.789. The zero-order valence-electron chi connectivity index (χ0n) is 11.8. The van der Waals surface area contributed by atoms with Gasteiger partial charge in [-0.25, -0.2) is 8.42 Å². The second kappa shape index (κ2) is 5.37. The van der Waals surface area contributed by atoms with Gasteiger partial charge in [0.2, 0.25) is 0 Å². The van der Waals surface area contributed by atoms with E-state index in [9.17, 15) is 13.2 Å². The summed E-state index contributed by atoms with van der Waals surface area (Å²) in [6.45, 7) is 6.20. The second-order valence-electron chi connectivity index (χ2n) is 5.34. The zero-order valence-corrected chi connectivity index (χ0v) is 13.4. The van der Waals surface area contributed by atoms with E-state index in [1.165, 1.54) is 6.07 Å². The van der Waals surface area contributed by atoms with Gasteiger partial charge in [0.05, 0.1) is 4.90 Å². The predicted octanol–water partition coefficient (Wildman–Crippen LogP) is 2.86. The summed E-state index contributed by atoms with van der Waals surface area (Å²) in [5.74, 6) is -0.125. The number of hydrogen-bond donors (Lipinski definition) is 0. The van der Waals surface area contributed by atoms with Crippen LogP contribution in [0.25, 0.3) is 0 Å². The van der Waals surface area contributed by atoms with Crippen molar-refractivity contribution in [3.8, 4) is 0 Å². The molecular weight excluding hydrogens is 298 g/mol. The minimum absolute atomic E-state index is 0.0226. The number of benzene rings is 1. The number of amides is 1. The van der Waals surface area contributed by atoms with E-state index >= 15 is 0 Å². The molecule has 1 aromatic carbocycles. The summed E-state index contributed by atoms with van der Waals surface area (Å²) in [5, 5.41) is 0. The van der Waals surface area contributed by atoms with Gasteiger partial charge in [-0.05, 0) is 56.9 Å². The van der Waals surface area contributed by atoms with E-state index in [1.54, 1.807) is 24.8 Å². The lowest BCUT2D eigenvalue weighted by Crippen LogP contribution is -2.33. The summed E-state index contributed by atoms with van der Waals surface area (Å²) < 4.78 is 23.2. The number of halogens is 1. The summed E-state index contributed by atoms with van der Waals surface area (Å²) in [7, 11) is 1.60. The number of carbonyl (C=O) groups excluding carboxylic acids is 1. The minimum atomic E-state index is -3.85. The molecule has 4 nitrogen and oxygen atoms in total. The molecule has 0 bridgehead atoms. The number of nitrogens with zero attached hydrogens (tertiary/aromatic N) is 1. The van der Waals surface area contributed by atoms with Crippen LogP contribution in [0.5, 0.6) is 0 Å². The maximum Gasteiger partial charge on any atom is 0.261 e. The fourth-order valence-electron chi connectivity index (χ4n) is 2.60. The molecule has 1 amide bonds. The van der Waals surface area contributed by atoms with Gasteiger partial charge in [-0.3, -0.25) is 4.79 Å². The Morgan fingerprint density at radius 2 is 2.00 bits per heavy atom. The Morgan fingerprint density at radius 3 is 2.50 bits per heavy atom. The van der Waals surface area contributed by atoms with Gasteiger partial charge in [0.15, 0.2) is 0 Å². The molecule has 0 radical (unpaired) electrons. The van der Waals surface area contributed by atoms with Gasteiger partial charge in [-0.15, -0.1) is 0 Å². The van der Waals surface area contributed by atoms with E-state index < -0.39 is 9.05 Å². The molecule has 1 aliphatic rings. The first-order chi connectivity index (χ1) is 9.21. The lowest BCUT2D eigenvalue weighted by molar-refractivity contribution is 0.0747.